The summed E-state index contributed by atoms with van der Waals surface area (Å²) in [6.07, 6.45) is 0. The van der Waals surface area contributed by atoms with E-state index >= 15 is 0 Å². The van der Waals surface area contributed by atoms with Gasteiger partial charge < -0.3 is 4.42 Å². The predicted octanol–water partition coefficient (Wildman–Crippen LogP) is 5.69. The topological polar surface area (TPSA) is 64.6 Å². The average Bonchev–Trinajstić information content (AvgIpc) is 3.33. The average molecular weight is 465 g/mol. The van der Waals surface area contributed by atoms with Crippen LogP contribution in [-0.2, 0) is 10.0 Å². The SMILES string of the molecule is Cc1oc2ccccc2c1-c1cs/c(=N/S(=O)(=O)c2ccc(F)cc2)n1-c1ccccc1. The van der Waals surface area contributed by atoms with Crippen LogP contribution in [0.3, 0.4) is 0 Å². The Bertz CT molecular complexity index is 1600. The molecule has 0 bridgehead atoms. The molecule has 5 aromatic rings. The minimum atomic E-state index is -4.04. The number of hydrogen-bond donors (Lipinski definition) is 0. The molecule has 0 radical (unpaired) electrons. The second kappa shape index (κ2) is 7.89. The van der Waals surface area contributed by atoms with Crippen molar-refractivity contribution in [1.82, 2.24) is 4.57 Å². The molecular weight excluding hydrogens is 447 g/mol. The van der Waals surface area contributed by atoms with Crippen LogP contribution >= 0.6 is 11.3 Å². The lowest BCUT2D eigenvalue weighted by Crippen LogP contribution is -2.16. The van der Waals surface area contributed by atoms with Crippen molar-refractivity contribution in [1.29, 1.82) is 0 Å². The highest BCUT2D eigenvalue weighted by Crippen LogP contribution is 2.35. The van der Waals surface area contributed by atoms with E-state index < -0.39 is 15.8 Å². The molecule has 0 fully saturated rings. The number of aromatic nitrogens is 1. The molecule has 0 aliphatic heterocycles. The predicted molar refractivity (Wildman–Crippen MR) is 123 cm³/mol. The van der Waals surface area contributed by atoms with E-state index in [0.29, 0.717) is 0 Å². The highest BCUT2D eigenvalue weighted by molar-refractivity contribution is 7.90. The molecule has 2 aromatic heterocycles. The smallest absolute Gasteiger partial charge is 0.285 e. The number of fused-ring (bicyclic) bond motifs is 1. The zero-order valence-corrected chi connectivity index (χ0v) is 18.5. The maximum atomic E-state index is 13.3. The van der Waals surface area contributed by atoms with Gasteiger partial charge in [0.25, 0.3) is 10.0 Å². The summed E-state index contributed by atoms with van der Waals surface area (Å²) < 4.78 is 51.0. The van der Waals surface area contributed by atoms with E-state index in [1.807, 2.05) is 66.9 Å². The quantitative estimate of drug-likeness (QED) is 0.343. The third-order valence-electron chi connectivity index (χ3n) is 5.06. The monoisotopic (exact) mass is 464 g/mol. The molecule has 0 atom stereocenters. The maximum Gasteiger partial charge on any atom is 0.285 e. The molecule has 0 unspecified atom stereocenters. The van der Waals surface area contributed by atoms with Gasteiger partial charge in [-0.2, -0.15) is 8.42 Å². The van der Waals surface area contributed by atoms with Crippen LogP contribution in [0.1, 0.15) is 5.76 Å². The van der Waals surface area contributed by atoms with Crippen LogP contribution < -0.4 is 4.80 Å². The second-order valence-corrected chi connectivity index (χ2v) is 9.56. The highest BCUT2D eigenvalue weighted by atomic mass is 32.2. The number of hydrogen-bond acceptors (Lipinski definition) is 4. The van der Waals surface area contributed by atoms with Gasteiger partial charge in [0, 0.05) is 22.0 Å². The van der Waals surface area contributed by atoms with Crippen LogP contribution in [0.15, 0.2) is 98.0 Å². The molecule has 0 spiro atoms. The molecule has 0 saturated carbocycles. The van der Waals surface area contributed by atoms with Crippen LogP contribution in [0.25, 0.3) is 27.9 Å². The van der Waals surface area contributed by atoms with E-state index in [-0.39, 0.29) is 9.70 Å². The van der Waals surface area contributed by atoms with Gasteiger partial charge in [0.15, 0.2) is 0 Å². The van der Waals surface area contributed by atoms with Gasteiger partial charge in [-0.05, 0) is 49.4 Å². The normalized spacial score (nSPS) is 12.5. The largest absolute Gasteiger partial charge is 0.461 e. The number of furan rings is 1. The van der Waals surface area contributed by atoms with E-state index in [1.165, 1.54) is 23.5 Å². The van der Waals surface area contributed by atoms with E-state index in [4.69, 9.17) is 4.42 Å². The number of halogens is 1. The van der Waals surface area contributed by atoms with E-state index in [9.17, 15) is 12.8 Å². The van der Waals surface area contributed by atoms with Crippen molar-refractivity contribution in [3.8, 4) is 16.9 Å². The molecular formula is C24H17FN2O3S2. The summed E-state index contributed by atoms with van der Waals surface area (Å²) in [5, 5.41) is 2.80. The van der Waals surface area contributed by atoms with E-state index in [1.54, 1.807) is 4.57 Å². The standard InChI is InChI=1S/C24H17FN2O3S2/c1-16-23(20-9-5-6-10-22(20)30-16)21-15-31-24(27(21)18-7-3-2-4-8-18)26-32(28,29)19-13-11-17(25)12-14-19/h2-15H,1H3/b26-24+. The second-order valence-electron chi connectivity index (χ2n) is 7.12. The Kier molecular flexibility index (Phi) is 5.03. The molecule has 0 aliphatic rings. The Labute approximate surface area is 187 Å². The van der Waals surface area contributed by atoms with Crippen molar-refractivity contribution < 1.29 is 17.2 Å². The minimum absolute atomic E-state index is 0.0709. The van der Waals surface area contributed by atoms with Gasteiger partial charge >= 0.3 is 0 Å². The number of thiazole rings is 1. The molecule has 32 heavy (non-hydrogen) atoms. The summed E-state index contributed by atoms with van der Waals surface area (Å²) in [4.78, 5) is 0.207. The zero-order chi connectivity index (χ0) is 22.3. The van der Waals surface area contributed by atoms with Gasteiger partial charge in [-0.25, -0.2) is 4.39 Å². The Morgan fingerprint density at radius 1 is 0.938 bits per heavy atom. The number of benzene rings is 3. The Morgan fingerprint density at radius 2 is 1.62 bits per heavy atom. The fourth-order valence-electron chi connectivity index (χ4n) is 3.62. The number of nitrogens with zero attached hydrogens (tertiary/aromatic N) is 2. The Morgan fingerprint density at radius 3 is 2.38 bits per heavy atom. The lowest BCUT2D eigenvalue weighted by molar-refractivity contribution is 0.579. The van der Waals surface area contributed by atoms with Crippen molar-refractivity contribution in [2.45, 2.75) is 11.8 Å². The van der Waals surface area contributed by atoms with Crippen molar-refractivity contribution in [2.75, 3.05) is 0 Å². The summed E-state index contributed by atoms with van der Waals surface area (Å²) >= 11 is 1.21. The first-order valence-corrected chi connectivity index (χ1v) is 12.1. The molecule has 5 rings (SSSR count). The van der Waals surface area contributed by atoms with Gasteiger partial charge in [0.2, 0.25) is 4.80 Å². The maximum absolute atomic E-state index is 13.3. The molecule has 8 heteroatoms. The van der Waals surface area contributed by atoms with Crippen molar-refractivity contribution >= 4 is 32.3 Å². The number of para-hydroxylation sites is 2. The Balaban J connectivity index is 1.79. The van der Waals surface area contributed by atoms with Gasteiger partial charge in [-0.3, -0.25) is 4.57 Å². The third kappa shape index (κ3) is 3.57. The Hall–Kier alpha value is -3.49. The molecule has 2 heterocycles. The number of aryl methyl sites for hydroxylation is 1. The lowest BCUT2D eigenvalue weighted by Gasteiger charge is -2.09. The van der Waals surface area contributed by atoms with Gasteiger partial charge in [-0.1, -0.05) is 36.4 Å². The van der Waals surface area contributed by atoms with Crippen LogP contribution in [0.2, 0.25) is 0 Å². The first-order valence-electron chi connectivity index (χ1n) is 9.75. The van der Waals surface area contributed by atoms with Gasteiger partial charge in [0.05, 0.1) is 10.6 Å². The lowest BCUT2D eigenvalue weighted by atomic mass is 10.1. The molecule has 5 nitrogen and oxygen atoms in total. The summed E-state index contributed by atoms with van der Waals surface area (Å²) in [5.74, 6) is 0.214. The molecule has 0 aliphatic carbocycles. The van der Waals surface area contributed by atoms with Crippen molar-refractivity contribution in [3.05, 3.63) is 101 Å². The zero-order valence-electron chi connectivity index (χ0n) is 16.9. The molecule has 160 valence electrons. The van der Waals surface area contributed by atoms with Crippen molar-refractivity contribution in [2.24, 2.45) is 4.40 Å². The van der Waals surface area contributed by atoms with E-state index in [2.05, 4.69) is 4.40 Å². The third-order valence-corrected chi connectivity index (χ3v) is 7.28. The summed E-state index contributed by atoms with van der Waals surface area (Å²) in [6, 6.07) is 21.8. The van der Waals surface area contributed by atoms with Crippen LogP contribution in [0.4, 0.5) is 4.39 Å². The first-order chi connectivity index (χ1) is 15.4. The van der Waals surface area contributed by atoms with Crippen molar-refractivity contribution in [3.63, 3.8) is 0 Å². The fourth-order valence-corrected chi connectivity index (χ4v) is 5.71. The first kappa shape index (κ1) is 20.4. The van der Waals surface area contributed by atoms with Crippen LogP contribution in [0.5, 0.6) is 0 Å². The fraction of sp³-hybridized carbons (Fsp3) is 0.0417. The van der Waals surface area contributed by atoms with E-state index in [0.717, 1.165) is 45.8 Å². The molecule has 0 N–H and O–H groups in total. The van der Waals surface area contributed by atoms with Crippen LogP contribution in [0, 0.1) is 12.7 Å². The number of sulfonamides is 1. The highest BCUT2D eigenvalue weighted by Gasteiger charge is 2.20. The molecule has 0 saturated heterocycles. The van der Waals surface area contributed by atoms with Gasteiger partial charge in [0.1, 0.15) is 17.2 Å². The summed E-state index contributed by atoms with van der Waals surface area (Å²) in [5.41, 5.74) is 3.17. The summed E-state index contributed by atoms with van der Waals surface area (Å²) in [6.45, 7) is 1.88. The number of rotatable bonds is 4. The van der Waals surface area contributed by atoms with Gasteiger partial charge in [-0.15, -0.1) is 15.7 Å². The minimum Gasteiger partial charge on any atom is -0.461 e. The molecule has 3 aromatic carbocycles. The summed E-state index contributed by atoms with van der Waals surface area (Å²) in [7, 11) is -4.04. The van der Waals surface area contributed by atoms with Crippen LogP contribution in [-0.4, -0.2) is 13.0 Å². The molecule has 0 amide bonds.